The molecule has 0 spiro atoms. The van der Waals surface area contributed by atoms with Crippen molar-refractivity contribution in [3.8, 4) is 0 Å². The normalized spacial score (nSPS) is 34.0. The molecule has 2 N–H and O–H groups in total. The molecule has 2 fully saturated rings. The summed E-state index contributed by atoms with van der Waals surface area (Å²) in [6.07, 6.45) is -0.254. The highest BCUT2D eigenvalue weighted by Crippen LogP contribution is 2.53. The van der Waals surface area contributed by atoms with Crippen LogP contribution in [0.15, 0.2) is 0 Å². The number of morpholine rings is 1. The predicted octanol–water partition coefficient (Wildman–Crippen LogP) is 1.61. The van der Waals surface area contributed by atoms with Crippen LogP contribution in [-0.2, 0) is 9.47 Å². The van der Waals surface area contributed by atoms with Gasteiger partial charge in [0.15, 0.2) is 0 Å². The van der Waals surface area contributed by atoms with Crippen molar-refractivity contribution < 1.29 is 14.3 Å². The van der Waals surface area contributed by atoms with E-state index in [1.54, 1.807) is 4.90 Å². The molecular formula is C14H26N2O3. The molecule has 0 aromatic heterocycles. The van der Waals surface area contributed by atoms with Crippen LogP contribution in [0.25, 0.3) is 0 Å². The van der Waals surface area contributed by atoms with Crippen molar-refractivity contribution in [2.24, 2.45) is 17.1 Å². The Bertz CT molecular complexity index is 362. The Morgan fingerprint density at radius 1 is 1.42 bits per heavy atom. The average molecular weight is 270 g/mol. The lowest BCUT2D eigenvalue weighted by molar-refractivity contribution is -0.0401. The Labute approximate surface area is 115 Å². The van der Waals surface area contributed by atoms with Crippen LogP contribution in [0.4, 0.5) is 4.79 Å². The van der Waals surface area contributed by atoms with Gasteiger partial charge in [-0.3, -0.25) is 0 Å². The smallest absolute Gasteiger partial charge is 0.410 e. The molecule has 2 rings (SSSR count). The molecule has 0 radical (unpaired) electrons. The van der Waals surface area contributed by atoms with Gasteiger partial charge in [-0.05, 0) is 26.2 Å². The van der Waals surface area contributed by atoms with E-state index in [0.29, 0.717) is 25.7 Å². The standard InChI is InChI=1S/C14H26N2O3/c1-13(2,3)19-12(17)16-6-7-18-8-9(16)10-11(15)14(10,4)5/h9-11H,6-8,15H2,1-5H3. The second-order valence-electron chi connectivity index (χ2n) is 7.19. The molecular weight excluding hydrogens is 244 g/mol. The largest absolute Gasteiger partial charge is 0.444 e. The molecule has 0 aromatic carbocycles. The van der Waals surface area contributed by atoms with Crippen LogP contribution in [0, 0.1) is 11.3 Å². The third-order valence-electron chi connectivity index (χ3n) is 4.20. The zero-order chi connectivity index (χ0) is 14.4. The van der Waals surface area contributed by atoms with E-state index in [1.807, 2.05) is 20.8 Å². The molecule has 1 amide bonds. The number of ether oxygens (including phenoxy) is 2. The number of hydrogen-bond acceptors (Lipinski definition) is 4. The van der Waals surface area contributed by atoms with Crippen molar-refractivity contribution in [1.82, 2.24) is 4.90 Å². The first-order valence-corrected chi connectivity index (χ1v) is 6.97. The van der Waals surface area contributed by atoms with E-state index in [4.69, 9.17) is 15.2 Å². The summed E-state index contributed by atoms with van der Waals surface area (Å²) < 4.78 is 11.0. The highest BCUT2D eigenvalue weighted by molar-refractivity contribution is 5.69. The van der Waals surface area contributed by atoms with Gasteiger partial charge < -0.3 is 20.1 Å². The molecule has 1 heterocycles. The van der Waals surface area contributed by atoms with Crippen molar-refractivity contribution in [2.75, 3.05) is 19.8 Å². The summed E-state index contributed by atoms with van der Waals surface area (Å²) in [5.41, 5.74) is 5.73. The van der Waals surface area contributed by atoms with Crippen molar-refractivity contribution in [1.29, 1.82) is 0 Å². The maximum Gasteiger partial charge on any atom is 0.410 e. The summed E-state index contributed by atoms with van der Waals surface area (Å²) in [6, 6.07) is 0.165. The van der Waals surface area contributed by atoms with Crippen LogP contribution < -0.4 is 5.73 Å². The maximum atomic E-state index is 12.3. The number of carbonyl (C=O) groups excluding carboxylic acids is 1. The lowest BCUT2D eigenvalue weighted by atomic mass is 10.0. The predicted molar refractivity (Wildman–Crippen MR) is 72.8 cm³/mol. The van der Waals surface area contributed by atoms with E-state index in [1.165, 1.54) is 0 Å². The van der Waals surface area contributed by atoms with Gasteiger partial charge in [0.05, 0.1) is 19.3 Å². The summed E-state index contributed by atoms with van der Waals surface area (Å²) in [6.45, 7) is 11.6. The summed E-state index contributed by atoms with van der Waals surface area (Å²) in [7, 11) is 0. The molecule has 1 saturated heterocycles. The minimum absolute atomic E-state index is 0.0357. The van der Waals surface area contributed by atoms with Crippen LogP contribution in [-0.4, -0.2) is 48.4 Å². The highest BCUT2D eigenvalue weighted by Gasteiger charge is 2.61. The van der Waals surface area contributed by atoms with Gasteiger partial charge in [0.25, 0.3) is 0 Å². The van der Waals surface area contributed by atoms with Crippen molar-refractivity contribution in [3.05, 3.63) is 0 Å². The van der Waals surface area contributed by atoms with Gasteiger partial charge in [-0.1, -0.05) is 13.8 Å². The number of nitrogens with two attached hydrogens (primary N) is 1. The molecule has 5 nitrogen and oxygen atoms in total. The number of carbonyl (C=O) groups is 1. The minimum Gasteiger partial charge on any atom is -0.444 e. The first kappa shape index (κ1) is 14.6. The molecule has 0 aromatic rings. The van der Waals surface area contributed by atoms with Crippen molar-refractivity contribution in [2.45, 2.75) is 52.3 Å². The summed E-state index contributed by atoms with van der Waals surface area (Å²) in [5, 5.41) is 0. The van der Waals surface area contributed by atoms with Gasteiger partial charge in [-0.15, -0.1) is 0 Å². The highest BCUT2D eigenvalue weighted by atomic mass is 16.6. The Morgan fingerprint density at radius 3 is 2.47 bits per heavy atom. The Hall–Kier alpha value is -0.810. The van der Waals surface area contributed by atoms with Crippen molar-refractivity contribution >= 4 is 6.09 Å². The second-order valence-corrected chi connectivity index (χ2v) is 7.19. The molecule has 3 unspecified atom stereocenters. The minimum atomic E-state index is -0.471. The molecule has 0 bridgehead atoms. The average Bonchev–Trinajstić information content (AvgIpc) is 2.75. The Balaban J connectivity index is 2.07. The van der Waals surface area contributed by atoms with Crippen molar-refractivity contribution in [3.63, 3.8) is 0 Å². The lowest BCUT2D eigenvalue weighted by Gasteiger charge is -2.37. The van der Waals surface area contributed by atoms with Gasteiger partial charge in [0.1, 0.15) is 5.60 Å². The maximum absolute atomic E-state index is 12.3. The fourth-order valence-corrected chi connectivity index (χ4v) is 2.92. The molecule has 19 heavy (non-hydrogen) atoms. The summed E-state index contributed by atoms with van der Waals surface area (Å²) >= 11 is 0. The van der Waals surface area contributed by atoms with Crippen LogP contribution >= 0.6 is 0 Å². The van der Waals surface area contributed by atoms with Crippen LogP contribution in [0.1, 0.15) is 34.6 Å². The van der Waals surface area contributed by atoms with E-state index in [0.717, 1.165) is 0 Å². The van der Waals surface area contributed by atoms with E-state index >= 15 is 0 Å². The Morgan fingerprint density at radius 2 is 2.00 bits per heavy atom. The Kier molecular flexibility index (Phi) is 3.56. The lowest BCUT2D eigenvalue weighted by Crippen LogP contribution is -2.52. The SMILES string of the molecule is CC(C)(C)OC(=O)N1CCOCC1C1C(N)C1(C)C. The number of hydrogen-bond donors (Lipinski definition) is 1. The third-order valence-corrected chi connectivity index (χ3v) is 4.20. The quantitative estimate of drug-likeness (QED) is 0.786. The monoisotopic (exact) mass is 270 g/mol. The van der Waals surface area contributed by atoms with E-state index in [-0.39, 0.29) is 23.6 Å². The summed E-state index contributed by atoms with van der Waals surface area (Å²) in [5.74, 6) is 0.292. The van der Waals surface area contributed by atoms with Crippen LogP contribution in [0.5, 0.6) is 0 Å². The molecule has 1 saturated carbocycles. The van der Waals surface area contributed by atoms with Crippen LogP contribution in [0.3, 0.4) is 0 Å². The van der Waals surface area contributed by atoms with Gasteiger partial charge in [-0.25, -0.2) is 4.79 Å². The molecule has 1 aliphatic carbocycles. The zero-order valence-corrected chi connectivity index (χ0v) is 12.6. The van der Waals surface area contributed by atoms with Gasteiger partial charge in [0.2, 0.25) is 0 Å². The fourth-order valence-electron chi connectivity index (χ4n) is 2.92. The number of amides is 1. The van der Waals surface area contributed by atoms with E-state index in [9.17, 15) is 4.79 Å². The third kappa shape index (κ3) is 2.87. The van der Waals surface area contributed by atoms with Gasteiger partial charge >= 0.3 is 6.09 Å². The number of nitrogens with zero attached hydrogens (tertiary/aromatic N) is 1. The number of rotatable bonds is 1. The van der Waals surface area contributed by atoms with Gasteiger partial charge in [0, 0.05) is 18.5 Å². The molecule has 5 heteroatoms. The summed E-state index contributed by atoms with van der Waals surface area (Å²) in [4.78, 5) is 14.1. The van der Waals surface area contributed by atoms with E-state index in [2.05, 4.69) is 13.8 Å². The van der Waals surface area contributed by atoms with Crippen LogP contribution in [0.2, 0.25) is 0 Å². The van der Waals surface area contributed by atoms with E-state index < -0.39 is 5.60 Å². The van der Waals surface area contributed by atoms with Gasteiger partial charge in [-0.2, -0.15) is 0 Å². The second kappa shape index (κ2) is 4.63. The molecule has 2 aliphatic rings. The topological polar surface area (TPSA) is 64.8 Å². The molecule has 3 atom stereocenters. The molecule has 110 valence electrons. The molecule has 1 aliphatic heterocycles. The first-order chi connectivity index (χ1) is 8.64. The fraction of sp³-hybridized carbons (Fsp3) is 0.929. The first-order valence-electron chi connectivity index (χ1n) is 6.97. The zero-order valence-electron chi connectivity index (χ0n) is 12.6.